The Kier molecular flexibility index (Phi) is 5.59. The summed E-state index contributed by atoms with van der Waals surface area (Å²) in [6.07, 6.45) is 0. The first-order valence-electron chi connectivity index (χ1n) is 8.03. The number of esters is 1. The third kappa shape index (κ3) is 3.87. The summed E-state index contributed by atoms with van der Waals surface area (Å²) >= 11 is 7.18. The molecule has 3 aromatic rings. The van der Waals surface area contributed by atoms with Crippen molar-refractivity contribution in [3.63, 3.8) is 0 Å². The lowest BCUT2D eigenvalue weighted by Crippen LogP contribution is -2.22. The zero-order valence-electron chi connectivity index (χ0n) is 14.9. The zero-order chi connectivity index (χ0) is 19.7. The van der Waals surface area contributed by atoms with Gasteiger partial charge in [0.25, 0.3) is 5.56 Å². The maximum absolute atomic E-state index is 14.0. The number of fused-ring (bicyclic) bond motifs is 1. The van der Waals surface area contributed by atoms with Crippen molar-refractivity contribution in [3.8, 4) is 0 Å². The largest absolute Gasteiger partial charge is 0.465 e. The third-order valence-electron chi connectivity index (χ3n) is 4.13. The summed E-state index contributed by atoms with van der Waals surface area (Å²) in [5.41, 5.74) is 0.606. The SMILES string of the molecule is COC(=O)c1sc2nc(CN(C)Cc3c(F)cccc3Cl)[nH]c(=O)c2c1C. The van der Waals surface area contributed by atoms with Crippen molar-refractivity contribution in [2.45, 2.75) is 20.0 Å². The molecular weight excluding hydrogens is 393 g/mol. The van der Waals surface area contributed by atoms with Crippen molar-refractivity contribution in [1.29, 1.82) is 0 Å². The highest BCUT2D eigenvalue weighted by molar-refractivity contribution is 7.20. The van der Waals surface area contributed by atoms with Gasteiger partial charge in [0, 0.05) is 17.1 Å². The predicted molar refractivity (Wildman–Crippen MR) is 103 cm³/mol. The van der Waals surface area contributed by atoms with E-state index < -0.39 is 5.97 Å². The number of aromatic nitrogens is 2. The van der Waals surface area contributed by atoms with E-state index in [1.807, 2.05) is 0 Å². The van der Waals surface area contributed by atoms with Crippen LogP contribution in [0.25, 0.3) is 10.2 Å². The Morgan fingerprint density at radius 2 is 2.15 bits per heavy atom. The number of H-pyrrole nitrogens is 1. The molecule has 0 radical (unpaired) electrons. The number of carbonyl (C=O) groups is 1. The summed E-state index contributed by atoms with van der Waals surface area (Å²) in [4.78, 5) is 34.1. The third-order valence-corrected chi connectivity index (χ3v) is 5.65. The smallest absolute Gasteiger partial charge is 0.348 e. The Balaban J connectivity index is 1.89. The number of nitrogens with zero attached hydrogens (tertiary/aromatic N) is 2. The average Bonchev–Trinajstić information content (AvgIpc) is 2.94. The molecule has 9 heteroatoms. The fraction of sp³-hybridized carbons (Fsp3) is 0.278. The molecule has 0 saturated heterocycles. The summed E-state index contributed by atoms with van der Waals surface area (Å²) in [5, 5.41) is 0.722. The molecule has 0 atom stereocenters. The molecule has 1 N–H and O–H groups in total. The summed E-state index contributed by atoms with van der Waals surface area (Å²) < 4.78 is 18.7. The topological polar surface area (TPSA) is 75.3 Å². The summed E-state index contributed by atoms with van der Waals surface area (Å²) in [5.74, 6) is -0.467. The van der Waals surface area contributed by atoms with Gasteiger partial charge in [-0.15, -0.1) is 11.3 Å². The van der Waals surface area contributed by atoms with Crippen molar-refractivity contribution in [3.05, 3.63) is 61.2 Å². The molecule has 2 heterocycles. The van der Waals surface area contributed by atoms with Crippen LogP contribution >= 0.6 is 22.9 Å². The minimum atomic E-state index is -0.497. The molecule has 0 aliphatic heterocycles. The molecule has 0 unspecified atom stereocenters. The fourth-order valence-corrected chi connectivity index (χ4v) is 4.16. The molecule has 6 nitrogen and oxygen atoms in total. The molecular formula is C18H17ClFN3O3S. The van der Waals surface area contributed by atoms with Crippen molar-refractivity contribution in [1.82, 2.24) is 14.9 Å². The normalized spacial score (nSPS) is 11.3. The van der Waals surface area contributed by atoms with Crippen LogP contribution in [-0.4, -0.2) is 35.0 Å². The van der Waals surface area contributed by atoms with Crippen LogP contribution in [0, 0.1) is 12.7 Å². The number of ether oxygens (including phenoxy) is 1. The maximum Gasteiger partial charge on any atom is 0.348 e. The van der Waals surface area contributed by atoms with Crippen LogP contribution in [0.4, 0.5) is 4.39 Å². The average molecular weight is 410 g/mol. The van der Waals surface area contributed by atoms with Crippen molar-refractivity contribution in [2.24, 2.45) is 0 Å². The Morgan fingerprint density at radius 3 is 2.81 bits per heavy atom. The summed E-state index contributed by atoms with van der Waals surface area (Å²) in [6, 6.07) is 4.53. The molecule has 0 fully saturated rings. The van der Waals surface area contributed by atoms with E-state index in [1.54, 1.807) is 31.0 Å². The number of hydrogen-bond donors (Lipinski definition) is 1. The first-order chi connectivity index (χ1) is 12.8. The van der Waals surface area contributed by atoms with Gasteiger partial charge in [-0.05, 0) is 31.7 Å². The molecule has 1 aromatic carbocycles. The van der Waals surface area contributed by atoms with Gasteiger partial charge in [0.1, 0.15) is 21.3 Å². The van der Waals surface area contributed by atoms with E-state index in [0.717, 1.165) is 11.3 Å². The minimum Gasteiger partial charge on any atom is -0.465 e. The number of thiophene rings is 1. The van der Waals surface area contributed by atoms with Crippen LogP contribution in [-0.2, 0) is 17.8 Å². The van der Waals surface area contributed by atoms with E-state index in [2.05, 4.69) is 9.97 Å². The summed E-state index contributed by atoms with van der Waals surface area (Å²) in [6.45, 7) is 2.22. The number of carbonyl (C=O) groups excluding carboxylic acids is 1. The van der Waals surface area contributed by atoms with Crippen molar-refractivity contribution >= 4 is 39.1 Å². The van der Waals surface area contributed by atoms with Gasteiger partial charge in [-0.25, -0.2) is 14.2 Å². The van der Waals surface area contributed by atoms with Gasteiger partial charge in [-0.3, -0.25) is 9.69 Å². The predicted octanol–water partition coefficient (Wildman–Crippen LogP) is 3.50. The van der Waals surface area contributed by atoms with Gasteiger partial charge >= 0.3 is 5.97 Å². The number of benzene rings is 1. The standard InChI is InChI=1S/C18H17ClFN3O3S/c1-9-14-16(24)21-13(22-17(14)27-15(9)18(25)26-3)8-23(2)7-10-11(19)5-4-6-12(10)20/h4-6H,7-8H2,1-3H3,(H,21,22,24). The first kappa shape index (κ1) is 19.5. The molecule has 0 aliphatic rings. The number of aryl methyl sites for hydroxylation is 1. The Hall–Kier alpha value is -2.29. The lowest BCUT2D eigenvalue weighted by molar-refractivity contribution is 0.0605. The van der Waals surface area contributed by atoms with Crippen LogP contribution < -0.4 is 5.56 Å². The van der Waals surface area contributed by atoms with Gasteiger partial charge in [0.05, 0.1) is 19.0 Å². The number of aromatic amines is 1. The second-order valence-corrected chi connectivity index (χ2v) is 7.52. The molecule has 0 aliphatic carbocycles. The molecule has 0 spiro atoms. The number of rotatable bonds is 5. The van der Waals surface area contributed by atoms with E-state index in [1.165, 1.54) is 13.2 Å². The highest BCUT2D eigenvalue weighted by Gasteiger charge is 2.20. The number of halogens is 2. The van der Waals surface area contributed by atoms with Gasteiger partial charge in [-0.2, -0.15) is 0 Å². The van der Waals surface area contributed by atoms with E-state index >= 15 is 0 Å². The number of nitrogens with one attached hydrogen (secondary N) is 1. The monoisotopic (exact) mass is 409 g/mol. The lowest BCUT2D eigenvalue weighted by atomic mass is 10.2. The van der Waals surface area contributed by atoms with Crippen LogP contribution in [0.1, 0.15) is 26.6 Å². The number of hydrogen-bond acceptors (Lipinski definition) is 6. The molecule has 0 amide bonds. The highest BCUT2D eigenvalue weighted by Crippen LogP contribution is 2.27. The van der Waals surface area contributed by atoms with Crippen molar-refractivity contribution < 1.29 is 13.9 Å². The summed E-state index contributed by atoms with van der Waals surface area (Å²) in [7, 11) is 3.06. The van der Waals surface area contributed by atoms with Crippen LogP contribution in [0.15, 0.2) is 23.0 Å². The van der Waals surface area contributed by atoms with E-state index in [-0.39, 0.29) is 24.5 Å². The van der Waals surface area contributed by atoms with Crippen LogP contribution in [0.2, 0.25) is 5.02 Å². The van der Waals surface area contributed by atoms with Gasteiger partial charge in [-0.1, -0.05) is 17.7 Å². The Labute approximate surface area is 163 Å². The first-order valence-corrected chi connectivity index (χ1v) is 9.23. The maximum atomic E-state index is 14.0. The molecule has 0 saturated carbocycles. The van der Waals surface area contributed by atoms with E-state index in [9.17, 15) is 14.0 Å². The fourth-order valence-electron chi connectivity index (χ4n) is 2.82. The molecule has 142 valence electrons. The van der Waals surface area contributed by atoms with Gasteiger partial charge < -0.3 is 9.72 Å². The van der Waals surface area contributed by atoms with Crippen LogP contribution in [0.5, 0.6) is 0 Å². The highest BCUT2D eigenvalue weighted by atomic mass is 35.5. The van der Waals surface area contributed by atoms with Gasteiger partial charge in [0.15, 0.2) is 0 Å². The molecule has 2 aromatic heterocycles. The second kappa shape index (κ2) is 7.75. The van der Waals surface area contributed by atoms with Crippen molar-refractivity contribution in [2.75, 3.05) is 14.2 Å². The quantitative estimate of drug-likeness (QED) is 0.653. The van der Waals surface area contributed by atoms with E-state index in [0.29, 0.717) is 37.1 Å². The van der Waals surface area contributed by atoms with E-state index in [4.69, 9.17) is 16.3 Å². The van der Waals surface area contributed by atoms with Crippen LogP contribution in [0.3, 0.4) is 0 Å². The Bertz CT molecular complexity index is 1060. The molecule has 3 rings (SSSR count). The molecule has 27 heavy (non-hydrogen) atoms. The number of methoxy groups -OCH3 is 1. The Morgan fingerprint density at radius 1 is 1.41 bits per heavy atom. The zero-order valence-corrected chi connectivity index (χ0v) is 16.5. The second-order valence-electron chi connectivity index (χ2n) is 6.11. The van der Waals surface area contributed by atoms with Gasteiger partial charge in [0.2, 0.25) is 0 Å². The lowest BCUT2D eigenvalue weighted by Gasteiger charge is -2.17. The molecule has 0 bridgehead atoms. The minimum absolute atomic E-state index is 0.254.